The van der Waals surface area contributed by atoms with E-state index in [9.17, 15) is 0 Å². The lowest BCUT2D eigenvalue weighted by atomic mass is 10.2. The number of ether oxygens (including phenoxy) is 1. The molecule has 0 spiro atoms. The van der Waals surface area contributed by atoms with Crippen molar-refractivity contribution >= 4 is 28.6 Å². The van der Waals surface area contributed by atoms with Crippen molar-refractivity contribution in [2.75, 3.05) is 12.4 Å². The Morgan fingerprint density at radius 3 is 2.86 bits per heavy atom. The standard InChI is InChI=1S/C11H15BrOS/c1-9-4-5-10(12)8-11(9)13-6-2-3-7-14/h4-5,8,14H,2-3,6-7H2,1H3. The highest BCUT2D eigenvalue weighted by Crippen LogP contribution is 2.22. The molecular weight excluding hydrogens is 260 g/mol. The van der Waals surface area contributed by atoms with Gasteiger partial charge in [0.1, 0.15) is 5.75 Å². The lowest BCUT2D eigenvalue weighted by molar-refractivity contribution is 0.307. The highest BCUT2D eigenvalue weighted by atomic mass is 79.9. The highest BCUT2D eigenvalue weighted by Gasteiger charge is 1.99. The lowest BCUT2D eigenvalue weighted by Crippen LogP contribution is -1.99. The van der Waals surface area contributed by atoms with Crippen LogP contribution in [0.4, 0.5) is 0 Å². The van der Waals surface area contributed by atoms with E-state index in [2.05, 4.69) is 41.5 Å². The summed E-state index contributed by atoms with van der Waals surface area (Å²) in [5.74, 6) is 1.90. The first-order chi connectivity index (χ1) is 6.74. The molecule has 78 valence electrons. The van der Waals surface area contributed by atoms with Gasteiger partial charge in [0.05, 0.1) is 6.61 Å². The SMILES string of the molecule is Cc1ccc(Br)cc1OCCCCS. The van der Waals surface area contributed by atoms with Crippen molar-refractivity contribution in [3.63, 3.8) is 0 Å². The van der Waals surface area contributed by atoms with Crippen molar-refractivity contribution in [3.8, 4) is 5.75 Å². The largest absolute Gasteiger partial charge is 0.493 e. The topological polar surface area (TPSA) is 9.23 Å². The minimum absolute atomic E-state index is 0.776. The Morgan fingerprint density at radius 1 is 1.36 bits per heavy atom. The maximum atomic E-state index is 5.66. The number of unbranched alkanes of at least 4 members (excludes halogenated alkanes) is 1. The van der Waals surface area contributed by atoms with Crippen molar-refractivity contribution in [1.82, 2.24) is 0 Å². The molecule has 0 unspecified atom stereocenters. The number of aryl methyl sites for hydroxylation is 1. The van der Waals surface area contributed by atoms with Crippen LogP contribution in [0.15, 0.2) is 22.7 Å². The number of hydrogen-bond acceptors (Lipinski definition) is 2. The van der Waals surface area contributed by atoms with Crippen LogP contribution in [0.25, 0.3) is 0 Å². The van der Waals surface area contributed by atoms with E-state index in [1.165, 1.54) is 5.56 Å². The normalized spacial score (nSPS) is 10.2. The minimum atomic E-state index is 0.776. The highest BCUT2D eigenvalue weighted by molar-refractivity contribution is 9.10. The van der Waals surface area contributed by atoms with Crippen LogP contribution in [0.1, 0.15) is 18.4 Å². The summed E-state index contributed by atoms with van der Waals surface area (Å²) in [4.78, 5) is 0. The zero-order chi connectivity index (χ0) is 10.4. The molecule has 0 aliphatic carbocycles. The van der Waals surface area contributed by atoms with Crippen LogP contribution in [-0.4, -0.2) is 12.4 Å². The van der Waals surface area contributed by atoms with Gasteiger partial charge in [0.25, 0.3) is 0 Å². The molecule has 0 N–H and O–H groups in total. The van der Waals surface area contributed by atoms with E-state index >= 15 is 0 Å². The minimum Gasteiger partial charge on any atom is -0.493 e. The second kappa shape index (κ2) is 6.36. The quantitative estimate of drug-likeness (QED) is 0.634. The molecular formula is C11H15BrOS. The lowest BCUT2D eigenvalue weighted by Gasteiger charge is -2.08. The van der Waals surface area contributed by atoms with Crippen molar-refractivity contribution in [3.05, 3.63) is 28.2 Å². The number of halogens is 1. The summed E-state index contributed by atoms with van der Waals surface area (Å²) in [6.07, 6.45) is 2.17. The third kappa shape index (κ3) is 3.93. The molecule has 0 aliphatic rings. The van der Waals surface area contributed by atoms with E-state index < -0.39 is 0 Å². The van der Waals surface area contributed by atoms with Crippen LogP contribution in [-0.2, 0) is 0 Å². The Bertz CT molecular complexity index is 289. The number of hydrogen-bond donors (Lipinski definition) is 1. The van der Waals surface area contributed by atoms with Gasteiger partial charge in [-0.05, 0) is 43.2 Å². The monoisotopic (exact) mass is 274 g/mol. The first-order valence-electron chi connectivity index (χ1n) is 4.74. The summed E-state index contributed by atoms with van der Waals surface area (Å²) in [6, 6.07) is 6.09. The summed E-state index contributed by atoms with van der Waals surface area (Å²) in [6.45, 7) is 2.83. The van der Waals surface area contributed by atoms with Crippen LogP contribution >= 0.6 is 28.6 Å². The average molecular weight is 275 g/mol. The Kier molecular flexibility index (Phi) is 5.41. The first-order valence-corrected chi connectivity index (χ1v) is 6.16. The zero-order valence-corrected chi connectivity index (χ0v) is 10.8. The van der Waals surface area contributed by atoms with E-state index in [0.29, 0.717) is 0 Å². The summed E-state index contributed by atoms with van der Waals surface area (Å²) in [5, 5.41) is 0. The van der Waals surface area contributed by atoms with Crippen molar-refractivity contribution < 1.29 is 4.74 Å². The molecule has 1 rings (SSSR count). The van der Waals surface area contributed by atoms with Crippen molar-refractivity contribution in [2.24, 2.45) is 0 Å². The van der Waals surface area contributed by atoms with Gasteiger partial charge in [-0.1, -0.05) is 22.0 Å². The molecule has 0 atom stereocenters. The Balaban J connectivity index is 2.45. The molecule has 0 aliphatic heterocycles. The van der Waals surface area contributed by atoms with Gasteiger partial charge >= 0.3 is 0 Å². The second-order valence-electron chi connectivity index (χ2n) is 3.19. The Morgan fingerprint density at radius 2 is 2.14 bits per heavy atom. The molecule has 14 heavy (non-hydrogen) atoms. The fourth-order valence-corrected chi connectivity index (χ4v) is 1.69. The maximum absolute atomic E-state index is 5.66. The molecule has 0 amide bonds. The molecule has 3 heteroatoms. The number of benzene rings is 1. The Labute approximate surface area is 99.4 Å². The number of rotatable bonds is 5. The van der Waals surface area contributed by atoms with Crippen LogP contribution in [0.3, 0.4) is 0 Å². The van der Waals surface area contributed by atoms with Gasteiger partial charge < -0.3 is 4.74 Å². The van der Waals surface area contributed by atoms with Gasteiger partial charge in [-0.3, -0.25) is 0 Å². The van der Waals surface area contributed by atoms with E-state index in [-0.39, 0.29) is 0 Å². The third-order valence-electron chi connectivity index (χ3n) is 1.96. The van der Waals surface area contributed by atoms with Gasteiger partial charge in [-0.25, -0.2) is 0 Å². The van der Waals surface area contributed by atoms with Gasteiger partial charge in [0, 0.05) is 4.47 Å². The molecule has 0 fully saturated rings. The average Bonchev–Trinajstić information content (AvgIpc) is 2.18. The number of thiol groups is 1. The summed E-state index contributed by atoms with van der Waals surface area (Å²) < 4.78 is 6.72. The smallest absolute Gasteiger partial charge is 0.123 e. The first kappa shape index (κ1) is 11.9. The molecule has 0 bridgehead atoms. The van der Waals surface area contributed by atoms with Gasteiger partial charge in [0.2, 0.25) is 0 Å². The second-order valence-corrected chi connectivity index (χ2v) is 4.55. The molecule has 0 radical (unpaired) electrons. The fraction of sp³-hybridized carbons (Fsp3) is 0.455. The molecule has 0 heterocycles. The van der Waals surface area contributed by atoms with Crippen LogP contribution in [0.2, 0.25) is 0 Å². The third-order valence-corrected chi connectivity index (χ3v) is 2.77. The summed E-state index contributed by atoms with van der Waals surface area (Å²) >= 11 is 7.58. The van der Waals surface area contributed by atoms with E-state index in [4.69, 9.17) is 4.74 Å². The van der Waals surface area contributed by atoms with Crippen LogP contribution in [0, 0.1) is 6.92 Å². The van der Waals surface area contributed by atoms with E-state index in [0.717, 1.165) is 35.4 Å². The van der Waals surface area contributed by atoms with Gasteiger partial charge in [-0.2, -0.15) is 12.6 Å². The fourth-order valence-electron chi connectivity index (χ4n) is 1.13. The molecule has 0 aromatic heterocycles. The predicted octanol–water partition coefficient (Wildman–Crippen LogP) is 3.85. The maximum Gasteiger partial charge on any atom is 0.123 e. The van der Waals surface area contributed by atoms with Crippen LogP contribution in [0.5, 0.6) is 5.75 Å². The van der Waals surface area contributed by atoms with Crippen LogP contribution < -0.4 is 4.74 Å². The summed E-state index contributed by atoms with van der Waals surface area (Å²) in [5.41, 5.74) is 1.18. The molecule has 1 aromatic carbocycles. The summed E-state index contributed by atoms with van der Waals surface area (Å²) in [7, 11) is 0. The van der Waals surface area contributed by atoms with Gasteiger partial charge in [0.15, 0.2) is 0 Å². The molecule has 0 saturated carbocycles. The van der Waals surface area contributed by atoms with E-state index in [1.54, 1.807) is 0 Å². The molecule has 1 nitrogen and oxygen atoms in total. The van der Waals surface area contributed by atoms with Crippen molar-refractivity contribution in [2.45, 2.75) is 19.8 Å². The zero-order valence-electron chi connectivity index (χ0n) is 8.29. The Hall–Kier alpha value is -0.150. The van der Waals surface area contributed by atoms with Crippen molar-refractivity contribution in [1.29, 1.82) is 0 Å². The molecule has 0 saturated heterocycles. The molecule has 1 aromatic rings. The predicted molar refractivity (Wildman–Crippen MR) is 67.5 cm³/mol. The van der Waals surface area contributed by atoms with Gasteiger partial charge in [-0.15, -0.1) is 0 Å². The van der Waals surface area contributed by atoms with E-state index in [1.807, 2.05) is 12.1 Å².